The van der Waals surface area contributed by atoms with Crippen molar-refractivity contribution in [3.05, 3.63) is 185 Å². The topological polar surface area (TPSA) is 21.7 Å². The highest BCUT2D eigenvalue weighted by atomic mass is 16.5. The molecular formula is C74H97NO2. The quantitative estimate of drug-likeness (QED) is 0.0282. The second-order valence-corrected chi connectivity index (χ2v) is 21.6. The van der Waals surface area contributed by atoms with Gasteiger partial charge in [0.15, 0.2) is 0 Å². The van der Waals surface area contributed by atoms with E-state index < -0.39 is 0 Å². The van der Waals surface area contributed by atoms with Gasteiger partial charge in [0, 0.05) is 17.1 Å². The van der Waals surface area contributed by atoms with E-state index >= 15 is 0 Å². The summed E-state index contributed by atoms with van der Waals surface area (Å²) in [5, 5.41) is 0. The van der Waals surface area contributed by atoms with Crippen molar-refractivity contribution < 1.29 is 9.47 Å². The van der Waals surface area contributed by atoms with Crippen molar-refractivity contribution in [3.8, 4) is 11.5 Å². The van der Waals surface area contributed by atoms with Crippen LogP contribution in [0, 0.1) is 0 Å². The van der Waals surface area contributed by atoms with Crippen LogP contribution in [-0.2, 0) is 0 Å². The Bertz CT molecular complexity index is 2380. The lowest BCUT2D eigenvalue weighted by Crippen LogP contribution is -2.09. The second-order valence-electron chi connectivity index (χ2n) is 21.6. The van der Waals surface area contributed by atoms with E-state index in [1.807, 2.05) is 0 Å². The van der Waals surface area contributed by atoms with Crippen LogP contribution in [0.1, 0.15) is 227 Å². The van der Waals surface area contributed by atoms with Crippen LogP contribution in [0.15, 0.2) is 152 Å². The van der Waals surface area contributed by atoms with Crippen molar-refractivity contribution in [3.63, 3.8) is 0 Å². The van der Waals surface area contributed by atoms with Gasteiger partial charge in [-0.25, -0.2) is 0 Å². The van der Waals surface area contributed by atoms with Crippen molar-refractivity contribution in [2.75, 3.05) is 18.1 Å². The number of rotatable bonds is 41. The summed E-state index contributed by atoms with van der Waals surface area (Å²) >= 11 is 0. The number of ether oxygens (including phenoxy) is 2. The van der Waals surface area contributed by atoms with Gasteiger partial charge in [-0.3, -0.25) is 0 Å². The lowest BCUT2D eigenvalue weighted by molar-refractivity contribution is 0.304. The Morgan fingerprint density at radius 3 is 0.909 bits per heavy atom. The molecule has 0 amide bonds. The Balaban J connectivity index is 1.03. The smallest absolute Gasteiger partial charge is 0.119 e. The SMILES string of the molecule is CCCCCCCCCCCCCCCCOc1cccc(/C=C/c2cc(/C=C/c3ccc(N(c4ccccc4)c4ccccc4)cc3)cc(/C=C/c3cccc(OCCCCCCCCCCCCCCCC)c3)c2)c1. The first-order valence-electron chi connectivity index (χ1n) is 30.8. The largest absolute Gasteiger partial charge is 0.494 e. The zero-order valence-corrected chi connectivity index (χ0v) is 47.9. The minimum atomic E-state index is 0.769. The van der Waals surface area contributed by atoms with Crippen LogP contribution in [-0.4, -0.2) is 13.2 Å². The first-order chi connectivity index (χ1) is 38.2. The Morgan fingerprint density at radius 1 is 0.260 bits per heavy atom. The fourth-order valence-electron chi connectivity index (χ4n) is 10.3. The Kier molecular flexibility index (Phi) is 30.1. The third-order valence-corrected chi connectivity index (χ3v) is 14.8. The minimum Gasteiger partial charge on any atom is -0.494 e. The lowest BCUT2D eigenvalue weighted by Gasteiger charge is -2.25. The molecule has 6 aromatic rings. The Morgan fingerprint density at radius 2 is 0.558 bits per heavy atom. The molecule has 0 saturated carbocycles. The van der Waals surface area contributed by atoms with Gasteiger partial charge >= 0.3 is 0 Å². The third-order valence-electron chi connectivity index (χ3n) is 14.8. The number of para-hydroxylation sites is 2. The highest BCUT2D eigenvalue weighted by Crippen LogP contribution is 2.34. The molecule has 0 radical (unpaired) electrons. The maximum absolute atomic E-state index is 6.27. The van der Waals surface area contributed by atoms with Crippen LogP contribution >= 0.6 is 0 Å². The zero-order valence-electron chi connectivity index (χ0n) is 47.9. The van der Waals surface area contributed by atoms with Crippen molar-refractivity contribution >= 4 is 53.5 Å². The lowest BCUT2D eigenvalue weighted by atomic mass is 10.0. The molecule has 0 spiro atoms. The standard InChI is InChI=1S/C74H97NO2/c1-3-5-7-9-11-13-15-17-19-21-23-25-27-35-57-76-73-45-37-39-65(62-73)48-51-68-59-67(50-47-64-53-55-72(56-54-64)75(70-41-31-29-32-42-70)71-43-33-30-34-44-71)60-69(61-68)52-49-66-40-38-46-74(63-66)77-58-36-28-26-24-22-20-18-16-14-12-10-8-6-4-2/h29-34,37-56,59-63H,3-28,35-36,57-58H2,1-2H3/b50-47+,51-48+,52-49+. The summed E-state index contributed by atoms with van der Waals surface area (Å²) in [4.78, 5) is 2.30. The molecule has 410 valence electrons. The van der Waals surface area contributed by atoms with Gasteiger partial charge in [-0.15, -0.1) is 0 Å². The summed E-state index contributed by atoms with van der Waals surface area (Å²) in [5.41, 5.74) is 10.2. The number of nitrogens with zero attached hydrogens (tertiary/aromatic N) is 1. The molecule has 0 N–H and O–H groups in total. The fraction of sp³-hybridized carbons (Fsp3) is 0.432. The Hall–Kier alpha value is -6.06. The molecule has 0 saturated heterocycles. The minimum absolute atomic E-state index is 0.769. The predicted molar refractivity (Wildman–Crippen MR) is 339 cm³/mol. The molecule has 0 aliphatic carbocycles. The molecule has 77 heavy (non-hydrogen) atoms. The maximum atomic E-state index is 6.27. The van der Waals surface area contributed by atoms with E-state index in [4.69, 9.17) is 9.47 Å². The monoisotopic (exact) mass is 1030 g/mol. The molecule has 3 heteroatoms. The van der Waals surface area contributed by atoms with Crippen LogP contribution in [0.2, 0.25) is 0 Å². The molecular weight excluding hydrogens is 935 g/mol. The molecule has 0 aliphatic heterocycles. The van der Waals surface area contributed by atoms with Crippen molar-refractivity contribution in [2.24, 2.45) is 0 Å². The van der Waals surface area contributed by atoms with Gasteiger partial charge in [0.1, 0.15) is 11.5 Å². The highest BCUT2D eigenvalue weighted by molar-refractivity contribution is 5.81. The first-order valence-corrected chi connectivity index (χ1v) is 30.8. The van der Waals surface area contributed by atoms with E-state index in [2.05, 4.69) is 207 Å². The van der Waals surface area contributed by atoms with Gasteiger partial charge in [0.25, 0.3) is 0 Å². The number of anilines is 3. The molecule has 0 heterocycles. The average molecular weight is 1030 g/mol. The summed E-state index contributed by atoms with van der Waals surface area (Å²) in [7, 11) is 0. The molecule has 0 fully saturated rings. The molecule has 0 unspecified atom stereocenters. The first kappa shape index (κ1) is 60.2. The molecule has 3 nitrogen and oxygen atoms in total. The highest BCUT2D eigenvalue weighted by Gasteiger charge is 2.11. The normalized spacial score (nSPS) is 11.6. The summed E-state index contributed by atoms with van der Waals surface area (Å²) in [6, 6.07) is 53.8. The summed E-state index contributed by atoms with van der Waals surface area (Å²) < 4.78 is 12.5. The number of unbranched alkanes of at least 4 members (excludes halogenated alkanes) is 26. The summed E-state index contributed by atoms with van der Waals surface area (Å²) in [6.07, 6.45) is 51.4. The molecule has 6 rings (SSSR count). The van der Waals surface area contributed by atoms with Crippen molar-refractivity contribution in [1.82, 2.24) is 0 Å². The van der Waals surface area contributed by atoms with Crippen LogP contribution in [0.5, 0.6) is 11.5 Å². The van der Waals surface area contributed by atoms with E-state index in [0.29, 0.717) is 0 Å². The van der Waals surface area contributed by atoms with E-state index in [9.17, 15) is 0 Å². The average Bonchev–Trinajstić information content (AvgIpc) is 3.47. The van der Waals surface area contributed by atoms with Crippen LogP contribution < -0.4 is 14.4 Å². The van der Waals surface area contributed by atoms with Gasteiger partial charge in [0.2, 0.25) is 0 Å². The zero-order chi connectivity index (χ0) is 53.5. The van der Waals surface area contributed by atoms with Crippen molar-refractivity contribution in [1.29, 1.82) is 0 Å². The maximum Gasteiger partial charge on any atom is 0.119 e. The third kappa shape index (κ3) is 25.3. The van der Waals surface area contributed by atoms with E-state index in [1.54, 1.807) is 0 Å². The predicted octanol–water partition coefficient (Wildman–Crippen LogP) is 23.4. The second kappa shape index (κ2) is 38.5. The van der Waals surface area contributed by atoms with Gasteiger partial charge in [0.05, 0.1) is 13.2 Å². The van der Waals surface area contributed by atoms with Gasteiger partial charge in [-0.2, -0.15) is 0 Å². The molecule has 0 atom stereocenters. The number of hydrogen-bond donors (Lipinski definition) is 0. The molecule has 6 aromatic carbocycles. The van der Waals surface area contributed by atoms with Crippen LogP contribution in [0.4, 0.5) is 17.1 Å². The van der Waals surface area contributed by atoms with Crippen molar-refractivity contribution in [2.45, 2.75) is 194 Å². The van der Waals surface area contributed by atoms with Crippen LogP contribution in [0.25, 0.3) is 36.5 Å². The fourth-order valence-corrected chi connectivity index (χ4v) is 10.3. The summed E-state index contributed by atoms with van der Waals surface area (Å²) in [5.74, 6) is 1.88. The van der Waals surface area contributed by atoms with E-state index in [1.165, 1.54) is 167 Å². The molecule has 0 aromatic heterocycles. The summed E-state index contributed by atoms with van der Waals surface area (Å²) in [6.45, 7) is 6.13. The molecule has 0 aliphatic rings. The van der Waals surface area contributed by atoms with E-state index in [-0.39, 0.29) is 0 Å². The van der Waals surface area contributed by atoms with Gasteiger partial charge in [-0.1, -0.05) is 290 Å². The Labute approximate surface area is 469 Å². The number of hydrogen-bond acceptors (Lipinski definition) is 3. The van der Waals surface area contributed by atoms with E-state index in [0.717, 1.165) is 88.0 Å². The van der Waals surface area contributed by atoms with Gasteiger partial charge in [-0.05, 0) is 125 Å². The molecule has 0 bridgehead atoms. The number of benzene rings is 6. The van der Waals surface area contributed by atoms with Gasteiger partial charge < -0.3 is 14.4 Å². The van der Waals surface area contributed by atoms with Crippen LogP contribution in [0.3, 0.4) is 0 Å².